The Morgan fingerprint density at radius 2 is 1.26 bits per heavy atom. The van der Waals surface area contributed by atoms with Crippen LogP contribution in [0.1, 0.15) is 17.5 Å². The zero-order valence-corrected chi connectivity index (χ0v) is 27.2. The lowest BCUT2D eigenvalue weighted by Crippen LogP contribution is -2.53. The van der Waals surface area contributed by atoms with Gasteiger partial charge < -0.3 is 19.9 Å². The summed E-state index contributed by atoms with van der Waals surface area (Å²) in [6.07, 6.45) is 6.88. The molecule has 1 aliphatic carbocycles. The molecule has 0 spiro atoms. The van der Waals surface area contributed by atoms with Crippen LogP contribution in [-0.4, -0.2) is 47.6 Å². The number of benzene rings is 4. The molecular weight excluding hydrogens is 632 g/mol. The van der Waals surface area contributed by atoms with E-state index in [1.54, 1.807) is 24.3 Å². The van der Waals surface area contributed by atoms with E-state index in [0.717, 1.165) is 33.4 Å². The number of hydrogen-bond donors (Lipinski definition) is 3. The van der Waals surface area contributed by atoms with E-state index in [0.29, 0.717) is 5.57 Å². The summed E-state index contributed by atoms with van der Waals surface area (Å²) in [6, 6.07) is 33.3. The lowest BCUT2D eigenvalue weighted by Gasteiger charge is -2.25. The van der Waals surface area contributed by atoms with Crippen LogP contribution in [0.15, 0.2) is 145 Å². The topological polar surface area (TPSA) is 131 Å². The minimum Gasteiger partial charge on any atom is -0.481 e. The highest BCUT2D eigenvalue weighted by atomic mass is 16.7. The van der Waals surface area contributed by atoms with Gasteiger partial charge in [0.05, 0.1) is 18.0 Å². The van der Waals surface area contributed by atoms with Crippen molar-refractivity contribution < 1.29 is 33.8 Å². The third-order valence-corrected chi connectivity index (χ3v) is 8.54. The average Bonchev–Trinajstić information content (AvgIpc) is 3.46. The van der Waals surface area contributed by atoms with Crippen molar-refractivity contribution in [2.24, 2.45) is 5.92 Å². The second-order valence-electron chi connectivity index (χ2n) is 12.0. The van der Waals surface area contributed by atoms with E-state index in [-0.39, 0.29) is 31.8 Å². The predicted octanol–water partition coefficient (Wildman–Crippen LogP) is 5.78. The van der Waals surface area contributed by atoms with Crippen LogP contribution in [-0.2, 0) is 41.5 Å². The number of fused-ring (bicyclic) bond motifs is 1. The summed E-state index contributed by atoms with van der Waals surface area (Å²) in [5.74, 6) is -3.64. The van der Waals surface area contributed by atoms with E-state index in [9.17, 15) is 19.2 Å². The summed E-state index contributed by atoms with van der Waals surface area (Å²) in [6.45, 7) is -0.0806. The Balaban J connectivity index is 1.27. The molecule has 3 N–H and O–H groups in total. The van der Waals surface area contributed by atoms with Crippen LogP contribution in [0.4, 0.5) is 0 Å². The molecule has 0 saturated carbocycles. The van der Waals surface area contributed by atoms with Crippen molar-refractivity contribution in [3.63, 3.8) is 0 Å². The molecule has 6 rings (SSSR count). The number of hydrogen-bond acceptors (Lipinski definition) is 7. The minimum absolute atomic E-state index is 0.0806. The lowest BCUT2D eigenvalue weighted by atomic mass is 9.97. The van der Waals surface area contributed by atoms with Gasteiger partial charge in [-0.2, -0.15) is 0 Å². The normalized spacial score (nSPS) is 15.9. The van der Waals surface area contributed by atoms with Gasteiger partial charge in [0.1, 0.15) is 12.0 Å². The summed E-state index contributed by atoms with van der Waals surface area (Å²) in [4.78, 5) is 51.2. The van der Waals surface area contributed by atoms with Crippen molar-refractivity contribution in [2.45, 2.75) is 31.3 Å². The maximum absolute atomic E-state index is 13.9. The van der Waals surface area contributed by atoms with Crippen molar-refractivity contribution >= 4 is 23.8 Å². The number of carbonyl (C=O) groups excluding carboxylic acids is 3. The molecule has 2 unspecified atom stereocenters. The molecule has 0 fully saturated rings. The number of nitrogens with one attached hydrogen (secondary N) is 2. The SMILES string of the molecule is O=C(O)CCNC(=O)[C@H](Cc1ccc(-c2ccccc2)cc1)NC(Cc1ccc(-c2ccccc2)cc1)C(=O)OC1=C2C=CC=CC2C(=O)O1. The lowest BCUT2D eigenvalue weighted by molar-refractivity contribution is -0.153. The van der Waals surface area contributed by atoms with Crippen LogP contribution in [0, 0.1) is 5.92 Å². The quantitative estimate of drug-likeness (QED) is 0.144. The number of rotatable bonds is 14. The number of esters is 2. The number of carboxylic acid groups (broad SMARTS) is 1. The van der Waals surface area contributed by atoms with Crippen molar-refractivity contribution in [1.29, 1.82) is 0 Å². The molecular formula is C41H36N2O7. The van der Waals surface area contributed by atoms with Gasteiger partial charge in [-0.05, 0) is 46.2 Å². The largest absolute Gasteiger partial charge is 0.481 e. The molecule has 1 aliphatic heterocycles. The summed E-state index contributed by atoms with van der Waals surface area (Å²) in [7, 11) is 0. The van der Waals surface area contributed by atoms with Crippen LogP contribution < -0.4 is 10.6 Å². The molecule has 252 valence electrons. The molecule has 3 atom stereocenters. The van der Waals surface area contributed by atoms with Gasteiger partial charge in [0.15, 0.2) is 0 Å². The molecule has 4 aromatic rings. The second kappa shape index (κ2) is 15.9. The molecule has 0 bridgehead atoms. The van der Waals surface area contributed by atoms with E-state index in [1.165, 1.54) is 0 Å². The molecule has 9 heteroatoms. The predicted molar refractivity (Wildman–Crippen MR) is 188 cm³/mol. The van der Waals surface area contributed by atoms with E-state index < -0.39 is 41.8 Å². The van der Waals surface area contributed by atoms with Gasteiger partial charge in [0.2, 0.25) is 5.91 Å². The molecule has 1 amide bonds. The highest BCUT2D eigenvalue weighted by Crippen LogP contribution is 2.32. The fourth-order valence-electron chi connectivity index (χ4n) is 5.89. The van der Waals surface area contributed by atoms with E-state index in [1.807, 2.05) is 109 Å². The number of ether oxygens (including phenoxy) is 2. The molecule has 0 radical (unpaired) electrons. The van der Waals surface area contributed by atoms with Crippen LogP contribution >= 0.6 is 0 Å². The number of amides is 1. The molecule has 1 heterocycles. The van der Waals surface area contributed by atoms with Gasteiger partial charge in [-0.3, -0.25) is 19.7 Å². The Hall–Kier alpha value is -6.06. The Labute approximate surface area is 289 Å². The molecule has 4 aromatic carbocycles. The monoisotopic (exact) mass is 668 g/mol. The van der Waals surface area contributed by atoms with Gasteiger partial charge in [0, 0.05) is 6.54 Å². The van der Waals surface area contributed by atoms with Crippen LogP contribution in [0.2, 0.25) is 0 Å². The third kappa shape index (κ3) is 8.50. The van der Waals surface area contributed by atoms with Gasteiger partial charge in [0.25, 0.3) is 5.95 Å². The molecule has 0 saturated heterocycles. The zero-order valence-electron chi connectivity index (χ0n) is 27.2. The maximum Gasteiger partial charge on any atom is 0.331 e. The molecule has 0 aromatic heterocycles. The smallest absolute Gasteiger partial charge is 0.331 e. The first kappa shape index (κ1) is 33.8. The maximum atomic E-state index is 13.9. The summed E-state index contributed by atoms with van der Waals surface area (Å²) < 4.78 is 11.1. The third-order valence-electron chi connectivity index (χ3n) is 8.54. The van der Waals surface area contributed by atoms with Gasteiger partial charge in [-0.25, -0.2) is 4.79 Å². The fourth-order valence-corrected chi connectivity index (χ4v) is 5.89. The van der Waals surface area contributed by atoms with Crippen molar-refractivity contribution in [1.82, 2.24) is 10.6 Å². The standard InChI is InChI=1S/C41H36N2O7/c44-37(45)23-24-42-38(46)35(25-27-15-19-31(20-16-27)29-9-3-1-4-10-29)43-36(26-28-17-21-32(22-18-28)30-11-5-2-6-12-30)40(48)50-41-34-14-8-7-13-33(34)39(47)49-41/h1-22,33,35-36,43H,23-26H2,(H,42,46)(H,44,45)/t33?,35-,36?/m0/s1. The van der Waals surface area contributed by atoms with Crippen LogP contribution in [0.5, 0.6) is 0 Å². The fraction of sp³-hybridized carbons (Fsp3) is 0.171. The first-order chi connectivity index (χ1) is 24.3. The number of cyclic esters (lactones) is 1. The highest BCUT2D eigenvalue weighted by Gasteiger charge is 2.38. The van der Waals surface area contributed by atoms with Crippen LogP contribution in [0.3, 0.4) is 0 Å². The van der Waals surface area contributed by atoms with Crippen LogP contribution in [0.25, 0.3) is 22.3 Å². The van der Waals surface area contributed by atoms with E-state index in [2.05, 4.69) is 10.6 Å². The minimum atomic E-state index is -1.05. The average molecular weight is 669 g/mol. The number of carbonyl (C=O) groups is 4. The van der Waals surface area contributed by atoms with Crippen molar-refractivity contribution in [3.05, 3.63) is 156 Å². The van der Waals surface area contributed by atoms with E-state index in [4.69, 9.17) is 14.6 Å². The van der Waals surface area contributed by atoms with E-state index >= 15 is 0 Å². The summed E-state index contributed by atoms with van der Waals surface area (Å²) in [5.41, 5.74) is 6.18. The van der Waals surface area contributed by atoms with Gasteiger partial charge in [-0.1, -0.05) is 133 Å². The zero-order chi connectivity index (χ0) is 34.9. The first-order valence-electron chi connectivity index (χ1n) is 16.4. The Morgan fingerprint density at radius 3 is 1.82 bits per heavy atom. The summed E-state index contributed by atoms with van der Waals surface area (Å²) >= 11 is 0. The number of carboxylic acids is 1. The van der Waals surface area contributed by atoms with Gasteiger partial charge >= 0.3 is 17.9 Å². The highest BCUT2D eigenvalue weighted by molar-refractivity contribution is 5.87. The molecule has 2 aliphatic rings. The first-order valence-corrected chi connectivity index (χ1v) is 16.4. The Kier molecular flexibility index (Phi) is 10.8. The Morgan fingerprint density at radius 1 is 0.720 bits per heavy atom. The second-order valence-corrected chi connectivity index (χ2v) is 12.0. The van der Waals surface area contributed by atoms with Gasteiger partial charge in [-0.15, -0.1) is 0 Å². The van der Waals surface area contributed by atoms with Crippen molar-refractivity contribution in [2.75, 3.05) is 6.54 Å². The summed E-state index contributed by atoms with van der Waals surface area (Å²) in [5, 5.41) is 15.1. The van der Waals surface area contributed by atoms with Crippen molar-refractivity contribution in [3.8, 4) is 22.3 Å². The number of aliphatic carboxylic acids is 1. The number of allylic oxidation sites excluding steroid dienone is 3. The molecule has 50 heavy (non-hydrogen) atoms. The molecule has 9 nitrogen and oxygen atoms in total. The Bertz CT molecular complexity index is 1930.